The van der Waals surface area contributed by atoms with Gasteiger partial charge < -0.3 is 14.8 Å². The molecule has 2 atom stereocenters. The van der Waals surface area contributed by atoms with Gasteiger partial charge in [0.25, 0.3) is 0 Å². The second-order valence-electron chi connectivity index (χ2n) is 6.56. The van der Waals surface area contributed by atoms with Crippen molar-refractivity contribution in [2.45, 2.75) is 64.8 Å². The minimum atomic E-state index is -0.196. The summed E-state index contributed by atoms with van der Waals surface area (Å²) in [5, 5.41) is 2.99. The zero-order valence-electron chi connectivity index (χ0n) is 13.6. The van der Waals surface area contributed by atoms with Crippen LogP contribution in [0.5, 0.6) is 0 Å². The Morgan fingerprint density at radius 3 is 2.70 bits per heavy atom. The van der Waals surface area contributed by atoms with Crippen LogP contribution in [-0.4, -0.2) is 55.5 Å². The molecule has 1 N–H and O–H groups in total. The Labute approximate surface area is 123 Å². The molecule has 118 valence electrons. The van der Waals surface area contributed by atoms with Gasteiger partial charge in [-0.3, -0.25) is 9.69 Å². The van der Waals surface area contributed by atoms with E-state index in [2.05, 4.69) is 5.32 Å². The van der Waals surface area contributed by atoms with Crippen LogP contribution in [0.3, 0.4) is 0 Å². The Balaban J connectivity index is 2.23. The average Bonchev–Trinajstić information content (AvgIpc) is 2.37. The molecule has 1 fully saturated rings. The van der Waals surface area contributed by atoms with Crippen molar-refractivity contribution in [1.29, 1.82) is 0 Å². The maximum absolute atomic E-state index is 12.0. The van der Waals surface area contributed by atoms with E-state index in [4.69, 9.17) is 9.47 Å². The highest BCUT2D eigenvalue weighted by Crippen LogP contribution is 2.13. The van der Waals surface area contributed by atoms with E-state index in [1.54, 1.807) is 0 Å². The maximum Gasteiger partial charge on any atom is 0.237 e. The quantitative estimate of drug-likeness (QED) is 0.808. The molecular weight excluding hydrogens is 256 g/mol. The Bertz CT molecular complexity index is 296. The minimum absolute atomic E-state index is 0.0499. The molecule has 0 aromatic carbocycles. The van der Waals surface area contributed by atoms with Gasteiger partial charge in [0, 0.05) is 18.7 Å². The molecule has 0 unspecified atom stereocenters. The van der Waals surface area contributed by atoms with Crippen LogP contribution in [0, 0.1) is 0 Å². The highest BCUT2D eigenvalue weighted by molar-refractivity contribution is 5.81. The molecule has 20 heavy (non-hydrogen) atoms. The van der Waals surface area contributed by atoms with Crippen LogP contribution in [0.4, 0.5) is 0 Å². The Morgan fingerprint density at radius 1 is 1.45 bits per heavy atom. The topological polar surface area (TPSA) is 50.8 Å². The van der Waals surface area contributed by atoms with Gasteiger partial charge in [-0.25, -0.2) is 0 Å². The SMILES string of the molecule is C[C@@H](C(=O)NC(C)(C)C)N(C)CCO[C@@H]1CCCCO1. The lowest BCUT2D eigenvalue weighted by molar-refractivity contribution is -0.164. The third kappa shape index (κ3) is 6.68. The van der Waals surface area contributed by atoms with E-state index in [0.717, 1.165) is 26.0 Å². The minimum Gasteiger partial charge on any atom is -0.353 e. The van der Waals surface area contributed by atoms with Crippen molar-refractivity contribution in [3.63, 3.8) is 0 Å². The van der Waals surface area contributed by atoms with Crippen molar-refractivity contribution < 1.29 is 14.3 Å². The summed E-state index contributed by atoms with van der Waals surface area (Å²) in [5.41, 5.74) is -0.196. The fourth-order valence-electron chi connectivity index (χ4n) is 2.04. The first-order valence-corrected chi connectivity index (χ1v) is 7.55. The van der Waals surface area contributed by atoms with E-state index in [1.807, 2.05) is 39.6 Å². The first-order valence-electron chi connectivity index (χ1n) is 7.55. The second kappa shape index (κ2) is 7.96. The smallest absolute Gasteiger partial charge is 0.237 e. The van der Waals surface area contributed by atoms with Gasteiger partial charge in [-0.15, -0.1) is 0 Å². The lowest BCUT2D eigenvalue weighted by Crippen LogP contribution is -2.50. The number of carbonyl (C=O) groups excluding carboxylic acids is 1. The number of nitrogens with one attached hydrogen (secondary N) is 1. The standard InChI is InChI=1S/C15H30N2O3/c1-12(14(18)16-15(2,3)4)17(5)9-11-20-13-8-6-7-10-19-13/h12-13H,6-11H2,1-5H3,(H,16,18)/t12-,13+/m0/s1. The lowest BCUT2D eigenvalue weighted by Gasteiger charge is -2.29. The van der Waals surface area contributed by atoms with Gasteiger partial charge in [-0.2, -0.15) is 0 Å². The number of rotatable bonds is 6. The summed E-state index contributed by atoms with van der Waals surface area (Å²) in [6.45, 7) is 9.99. The van der Waals surface area contributed by atoms with Crippen LogP contribution in [-0.2, 0) is 14.3 Å². The third-order valence-corrected chi connectivity index (χ3v) is 3.42. The molecule has 1 amide bonds. The summed E-state index contributed by atoms with van der Waals surface area (Å²) in [7, 11) is 1.94. The summed E-state index contributed by atoms with van der Waals surface area (Å²) in [6.07, 6.45) is 3.22. The van der Waals surface area contributed by atoms with Crippen LogP contribution in [0.15, 0.2) is 0 Å². The first-order chi connectivity index (χ1) is 9.29. The fraction of sp³-hybridized carbons (Fsp3) is 0.933. The van der Waals surface area contributed by atoms with Gasteiger partial charge in [0.15, 0.2) is 6.29 Å². The van der Waals surface area contributed by atoms with Crippen molar-refractivity contribution >= 4 is 5.91 Å². The zero-order chi connectivity index (χ0) is 15.2. The molecule has 0 bridgehead atoms. The van der Waals surface area contributed by atoms with Gasteiger partial charge in [-0.1, -0.05) is 0 Å². The number of likely N-dealkylation sites (N-methyl/N-ethyl adjacent to an activating group) is 1. The maximum atomic E-state index is 12.0. The molecule has 1 heterocycles. The highest BCUT2D eigenvalue weighted by atomic mass is 16.7. The summed E-state index contributed by atoms with van der Waals surface area (Å²) in [5.74, 6) is 0.0499. The monoisotopic (exact) mass is 286 g/mol. The zero-order valence-corrected chi connectivity index (χ0v) is 13.6. The van der Waals surface area contributed by atoms with E-state index in [-0.39, 0.29) is 23.8 Å². The number of amides is 1. The summed E-state index contributed by atoms with van der Waals surface area (Å²) >= 11 is 0. The van der Waals surface area contributed by atoms with Crippen LogP contribution >= 0.6 is 0 Å². The molecule has 1 aliphatic rings. The molecule has 1 rings (SSSR count). The van der Waals surface area contributed by atoms with Gasteiger partial charge in [0.05, 0.1) is 12.6 Å². The van der Waals surface area contributed by atoms with Crippen LogP contribution in [0.25, 0.3) is 0 Å². The first kappa shape index (κ1) is 17.4. The molecule has 0 aromatic heterocycles. The molecule has 0 aliphatic carbocycles. The molecule has 0 radical (unpaired) electrons. The van der Waals surface area contributed by atoms with E-state index in [9.17, 15) is 4.79 Å². The van der Waals surface area contributed by atoms with Crippen molar-refractivity contribution in [2.24, 2.45) is 0 Å². The number of ether oxygens (including phenoxy) is 2. The molecule has 5 nitrogen and oxygen atoms in total. The van der Waals surface area contributed by atoms with Crippen molar-refractivity contribution in [3.8, 4) is 0 Å². The van der Waals surface area contributed by atoms with E-state index in [1.165, 1.54) is 6.42 Å². The number of hydrogen-bond acceptors (Lipinski definition) is 4. The Kier molecular flexibility index (Phi) is 6.92. The van der Waals surface area contributed by atoms with Crippen LogP contribution < -0.4 is 5.32 Å². The van der Waals surface area contributed by atoms with Gasteiger partial charge in [0.1, 0.15) is 0 Å². The summed E-state index contributed by atoms with van der Waals surface area (Å²) in [4.78, 5) is 14.1. The van der Waals surface area contributed by atoms with Gasteiger partial charge in [-0.05, 0) is 54.0 Å². The summed E-state index contributed by atoms with van der Waals surface area (Å²) in [6, 6.07) is -0.162. The fourth-order valence-corrected chi connectivity index (χ4v) is 2.04. The number of carbonyl (C=O) groups is 1. The van der Waals surface area contributed by atoms with E-state index in [0.29, 0.717) is 6.61 Å². The van der Waals surface area contributed by atoms with Crippen LogP contribution in [0.1, 0.15) is 47.0 Å². The van der Waals surface area contributed by atoms with Crippen LogP contribution in [0.2, 0.25) is 0 Å². The molecule has 1 aliphatic heterocycles. The predicted molar refractivity (Wildman–Crippen MR) is 79.5 cm³/mol. The summed E-state index contributed by atoms with van der Waals surface area (Å²) < 4.78 is 11.2. The van der Waals surface area contributed by atoms with E-state index < -0.39 is 0 Å². The molecular formula is C15H30N2O3. The Morgan fingerprint density at radius 2 is 2.15 bits per heavy atom. The van der Waals surface area contributed by atoms with Crippen molar-refractivity contribution in [2.75, 3.05) is 26.8 Å². The average molecular weight is 286 g/mol. The second-order valence-corrected chi connectivity index (χ2v) is 6.56. The van der Waals surface area contributed by atoms with Gasteiger partial charge >= 0.3 is 0 Å². The number of hydrogen-bond donors (Lipinski definition) is 1. The van der Waals surface area contributed by atoms with Crippen molar-refractivity contribution in [1.82, 2.24) is 10.2 Å². The molecule has 0 saturated carbocycles. The van der Waals surface area contributed by atoms with E-state index >= 15 is 0 Å². The third-order valence-electron chi connectivity index (χ3n) is 3.42. The molecule has 0 spiro atoms. The van der Waals surface area contributed by atoms with Crippen molar-refractivity contribution in [3.05, 3.63) is 0 Å². The predicted octanol–water partition coefficient (Wildman–Crippen LogP) is 1.76. The largest absolute Gasteiger partial charge is 0.353 e. The Hall–Kier alpha value is -0.650. The molecule has 5 heteroatoms. The number of nitrogens with zero attached hydrogens (tertiary/aromatic N) is 1. The normalized spacial score (nSPS) is 21.8. The molecule has 0 aromatic rings. The molecule has 1 saturated heterocycles. The highest BCUT2D eigenvalue weighted by Gasteiger charge is 2.22. The van der Waals surface area contributed by atoms with Gasteiger partial charge in [0.2, 0.25) is 5.91 Å². The lowest BCUT2D eigenvalue weighted by atomic mass is 10.1.